The summed E-state index contributed by atoms with van der Waals surface area (Å²) in [7, 11) is 0. The van der Waals surface area contributed by atoms with Crippen LogP contribution in [0, 0.1) is 82.9 Å². The van der Waals surface area contributed by atoms with E-state index in [1.165, 1.54) is 38.5 Å². The van der Waals surface area contributed by atoms with Crippen molar-refractivity contribution >= 4 is 0 Å². The lowest BCUT2D eigenvalue weighted by molar-refractivity contribution is -0.153. The zero-order chi connectivity index (χ0) is 38.2. The van der Waals surface area contributed by atoms with Crippen LogP contribution >= 0.6 is 0 Å². The van der Waals surface area contributed by atoms with Crippen LogP contribution in [0.2, 0.25) is 0 Å². The van der Waals surface area contributed by atoms with Crippen molar-refractivity contribution in [2.75, 3.05) is 0 Å². The Hall–Kier alpha value is -0.0800. The van der Waals surface area contributed by atoms with Crippen LogP contribution in [0.25, 0.3) is 0 Å². The lowest BCUT2D eigenvalue weighted by Gasteiger charge is -2.65. The lowest BCUT2D eigenvalue weighted by Crippen LogP contribution is -2.65. The minimum absolute atomic E-state index is 0.930. The highest BCUT2D eigenvalue weighted by Gasteiger charge is 2.59. The van der Waals surface area contributed by atoms with Crippen LogP contribution in [0.1, 0.15) is 231 Å². The molecule has 12 aliphatic rings. The molecule has 0 saturated heterocycles. The zero-order valence-corrected chi connectivity index (χ0v) is 37.9. The third-order valence-corrected chi connectivity index (χ3v) is 23.3. The van der Waals surface area contributed by atoms with E-state index < -0.39 is 0 Å². The maximum absolute atomic E-state index is 3.49. The molecule has 0 aromatic heterocycles. The minimum Gasteiger partial charge on any atom is -0.294 e. The van der Waals surface area contributed by atoms with Crippen molar-refractivity contribution in [1.29, 1.82) is 0 Å². The fraction of sp³-hybridized carbons (Fsp3) is 1.00. The molecule has 0 heterocycles. The Bertz CT molecular complexity index is 1260. The fourth-order valence-electron chi connectivity index (χ4n) is 21.1. The van der Waals surface area contributed by atoms with Gasteiger partial charge >= 0.3 is 0 Å². The third-order valence-electron chi connectivity index (χ3n) is 23.3. The SMILES string of the molecule is C1CCC(N(C2CCC3CC4CCCCC4CC3C2)C2CCC3CCC4CCC(N(C5CCCCC5)C5CCC6CC7CCCCC7CC6C5)C5CCC2C3C45)CC1. The first-order valence-corrected chi connectivity index (χ1v) is 28.3. The van der Waals surface area contributed by atoms with E-state index >= 15 is 0 Å². The summed E-state index contributed by atoms with van der Waals surface area (Å²) in [5, 5.41) is 0. The molecular formula is C56H92N2. The number of fused-ring (bicyclic) bond motifs is 4. The summed E-state index contributed by atoms with van der Waals surface area (Å²) < 4.78 is 0. The van der Waals surface area contributed by atoms with Crippen molar-refractivity contribution in [2.45, 2.75) is 267 Å². The normalized spacial score (nSPS) is 51.2. The molecule has 58 heavy (non-hydrogen) atoms. The smallest absolute Gasteiger partial charge is 0.0132 e. The van der Waals surface area contributed by atoms with Gasteiger partial charge in [0.25, 0.3) is 0 Å². The van der Waals surface area contributed by atoms with E-state index in [2.05, 4.69) is 9.80 Å². The molecule has 18 unspecified atom stereocenters. The molecule has 0 amide bonds. The monoisotopic (exact) mass is 793 g/mol. The maximum Gasteiger partial charge on any atom is 0.0132 e. The molecule has 12 fully saturated rings. The molecule has 18 atom stereocenters. The van der Waals surface area contributed by atoms with Crippen LogP contribution in [-0.2, 0) is 0 Å². The van der Waals surface area contributed by atoms with E-state index in [-0.39, 0.29) is 0 Å². The molecule has 0 radical (unpaired) electrons. The van der Waals surface area contributed by atoms with Crippen molar-refractivity contribution in [3.63, 3.8) is 0 Å². The molecule has 0 N–H and O–H groups in total. The molecular weight excluding hydrogens is 701 g/mol. The Morgan fingerprint density at radius 1 is 0.207 bits per heavy atom. The predicted octanol–water partition coefficient (Wildman–Crippen LogP) is 14.6. The Morgan fingerprint density at radius 3 is 0.948 bits per heavy atom. The van der Waals surface area contributed by atoms with Crippen LogP contribution in [0.3, 0.4) is 0 Å². The minimum atomic E-state index is 0.930. The maximum atomic E-state index is 3.49. The average Bonchev–Trinajstić information content (AvgIpc) is 3.28. The Morgan fingerprint density at radius 2 is 0.534 bits per heavy atom. The predicted molar refractivity (Wildman–Crippen MR) is 241 cm³/mol. The van der Waals surface area contributed by atoms with Gasteiger partial charge in [0.1, 0.15) is 0 Å². The molecule has 12 saturated carbocycles. The molecule has 326 valence electrons. The molecule has 12 aliphatic carbocycles. The zero-order valence-electron chi connectivity index (χ0n) is 37.9. The fourth-order valence-corrected chi connectivity index (χ4v) is 21.1. The second-order valence-electron chi connectivity index (χ2n) is 25.5. The summed E-state index contributed by atoms with van der Waals surface area (Å²) in [6.07, 6.45) is 56.9. The van der Waals surface area contributed by atoms with Gasteiger partial charge in [-0.15, -0.1) is 0 Å². The third kappa shape index (κ3) is 7.31. The van der Waals surface area contributed by atoms with Crippen molar-refractivity contribution < 1.29 is 0 Å². The van der Waals surface area contributed by atoms with Gasteiger partial charge in [-0.05, 0) is 224 Å². The van der Waals surface area contributed by atoms with Gasteiger partial charge in [0, 0.05) is 36.3 Å². The summed E-state index contributed by atoms with van der Waals surface area (Å²) in [5.41, 5.74) is 0. The topological polar surface area (TPSA) is 6.48 Å². The van der Waals surface area contributed by atoms with Crippen molar-refractivity contribution in [3.05, 3.63) is 0 Å². The number of hydrogen-bond acceptors (Lipinski definition) is 2. The summed E-state index contributed by atoms with van der Waals surface area (Å²) in [5.74, 6) is 15.2. The molecule has 2 heteroatoms. The molecule has 12 rings (SSSR count). The van der Waals surface area contributed by atoms with Gasteiger partial charge in [-0.1, -0.05) is 89.9 Å². The van der Waals surface area contributed by atoms with E-state index in [1.54, 1.807) is 193 Å². The van der Waals surface area contributed by atoms with Gasteiger partial charge < -0.3 is 0 Å². The Balaban J connectivity index is 0.808. The van der Waals surface area contributed by atoms with E-state index in [0.29, 0.717) is 0 Å². The average molecular weight is 793 g/mol. The van der Waals surface area contributed by atoms with E-state index in [1.807, 2.05) is 0 Å². The molecule has 0 spiro atoms. The van der Waals surface area contributed by atoms with Gasteiger partial charge in [0.15, 0.2) is 0 Å². The highest BCUT2D eigenvalue weighted by molar-refractivity contribution is 5.10. The quantitative estimate of drug-likeness (QED) is 0.264. The van der Waals surface area contributed by atoms with Gasteiger partial charge in [0.2, 0.25) is 0 Å². The molecule has 0 aromatic carbocycles. The van der Waals surface area contributed by atoms with Crippen molar-refractivity contribution in [1.82, 2.24) is 9.80 Å². The van der Waals surface area contributed by atoms with Gasteiger partial charge in [-0.3, -0.25) is 9.80 Å². The van der Waals surface area contributed by atoms with Crippen LogP contribution in [0.5, 0.6) is 0 Å². The lowest BCUT2D eigenvalue weighted by atomic mass is 9.46. The second-order valence-corrected chi connectivity index (χ2v) is 25.5. The first-order chi connectivity index (χ1) is 28.7. The van der Waals surface area contributed by atoms with Crippen molar-refractivity contribution in [2.24, 2.45) is 82.9 Å². The number of hydrogen-bond donors (Lipinski definition) is 0. The summed E-state index contributed by atoms with van der Waals surface area (Å²) in [4.78, 5) is 6.97. The van der Waals surface area contributed by atoms with Gasteiger partial charge in [0.05, 0.1) is 0 Å². The number of nitrogens with zero attached hydrogens (tertiary/aromatic N) is 2. The molecule has 0 aromatic rings. The van der Waals surface area contributed by atoms with Gasteiger partial charge in [-0.2, -0.15) is 0 Å². The summed E-state index contributed by atoms with van der Waals surface area (Å²) >= 11 is 0. The number of rotatable bonds is 6. The molecule has 0 aliphatic heterocycles. The van der Waals surface area contributed by atoms with Gasteiger partial charge in [-0.25, -0.2) is 0 Å². The van der Waals surface area contributed by atoms with Crippen molar-refractivity contribution in [3.8, 4) is 0 Å². The largest absolute Gasteiger partial charge is 0.294 e. The summed E-state index contributed by atoms with van der Waals surface area (Å²) in [6.45, 7) is 0. The Labute approximate surface area is 358 Å². The van der Waals surface area contributed by atoms with E-state index in [4.69, 9.17) is 0 Å². The van der Waals surface area contributed by atoms with Crippen LogP contribution in [0.4, 0.5) is 0 Å². The molecule has 2 nitrogen and oxygen atoms in total. The summed E-state index contributed by atoms with van der Waals surface area (Å²) in [6, 6.07) is 5.61. The first kappa shape index (κ1) is 39.5. The highest BCUT2D eigenvalue weighted by Crippen LogP contribution is 2.63. The van der Waals surface area contributed by atoms with E-state index in [0.717, 1.165) is 119 Å². The second kappa shape index (κ2) is 17.1. The van der Waals surface area contributed by atoms with Crippen LogP contribution in [-0.4, -0.2) is 46.1 Å². The highest BCUT2D eigenvalue weighted by atomic mass is 15.2. The Kier molecular flexibility index (Phi) is 11.7. The van der Waals surface area contributed by atoms with E-state index in [9.17, 15) is 0 Å². The molecule has 0 bridgehead atoms. The van der Waals surface area contributed by atoms with Crippen LogP contribution in [0.15, 0.2) is 0 Å². The standard InChI is InChI=1S/C56H92N2/c1-3-15-47(16-4-1)57(49-25-21-43-31-39-11-7-9-13-41(39)33-45(43)35-49)53-29-23-37-19-20-38-24-30-54(52-28-27-51(53)55(37)56(38)52)58(48-17-5-2-6-18-48)50-26-22-44-32-40-12-8-10-14-42(40)34-46(44)36-50/h37-56H,1-36H2. The first-order valence-electron chi connectivity index (χ1n) is 28.3. The van der Waals surface area contributed by atoms with Crippen LogP contribution < -0.4 is 0 Å².